The molecule has 1 aromatic heterocycles. The van der Waals surface area contributed by atoms with E-state index >= 15 is 0 Å². The van der Waals surface area contributed by atoms with E-state index in [0.717, 1.165) is 17.5 Å². The minimum absolute atomic E-state index is 0. The lowest BCUT2D eigenvalue weighted by Crippen LogP contribution is -2.41. The van der Waals surface area contributed by atoms with Crippen molar-refractivity contribution in [3.8, 4) is 0 Å². The summed E-state index contributed by atoms with van der Waals surface area (Å²) in [6, 6.07) is 17.3. The number of hydrogen-bond acceptors (Lipinski definition) is 3. The van der Waals surface area contributed by atoms with Crippen molar-refractivity contribution in [1.29, 1.82) is 0 Å². The van der Waals surface area contributed by atoms with Crippen LogP contribution in [-0.2, 0) is 6.42 Å². The Morgan fingerprint density at radius 1 is 1.16 bits per heavy atom. The highest BCUT2D eigenvalue weighted by atomic mass is 127. The van der Waals surface area contributed by atoms with Crippen molar-refractivity contribution >= 4 is 47.4 Å². The summed E-state index contributed by atoms with van der Waals surface area (Å²) >= 11 is 6.04. The van der Waals surface area contributed by atoms with Gasteiger partial charge in [0.1, 0.15) is 0 Å². The van der Waals surface area contributed by atoms with Crippen LogP contribution in [0, 0.1) is 0 Å². The number of aliphatic imine (C=N–C) groups is 1. The zero-order valence-electron chi connectivity index (χ0n) is 18.1. The minimum Gasteiger partial charge on any atom is -0.356 e. The lowest BCUT2D eigenvalue weighted by molar-refractivity contribution is 0.0963. The first-order valence-electron chi connectivity index (χ1n) is 10.1. The zero-order chi connectivity index (χ0) is 22.1. The van der Waals surface area contributed by atoms with Crippen molar-refractivity contribution in [1.82, 2.24) is 25.7 Å². The van der Waals surface area contributed by atoms with E-state index in [2.05, 4.69) is 26.0 Å². The van der Waals surface area contributed by atoms with Crippen LogP contribution in [-0.4, -0.2) is 48.8 Å². The molecule has 0 spiro atoms. The SMILES string of the molecule is CN=C(NCCc1cccc(C(=O)NC)c1)NCC(c1ccc(Cl)cc1)n1cccn1.I. The molecular formula is C23H28ClIN6O. The lowest BCUT2D eigenvalue weighted by Gasteiger charge is -2.21. The zero-order valence-corrected chi connectivity index (χ0v) is 21.2. The molecule has 3 N–H and O–H groups in total. The molecule has 1 heterocycles. The molecule has 0 aliphatic carbocycles. The number of benzene rings is 2. The Bertz CT molecular complexity index is 1010. The number of nitrogens with zero attached hydrogens (tertiary/aromatic N) is 3. The van der Waals surface area contributed by atoms with Crippen LogP contribution in [0.4, 0.5) is 0 Å². The van der Waals surface area contributed by atoms with Crippen LogP contribution in [0.3, 0.4) is 0 Å². The predicted octanol–water partition coefficient (Wildman–Crippen LogP) is 3.51. The number of carbonyl (C=O) groups excluding carboxylic acids is 1. The van der Waals surface area contributed by atoms with Crippen LogP contribution in [0.2, 0.25) is 5.02 Å². The maximum atomic E-state index is 11.8. The van der Waals surface area contributed by atoms with Crippen LogP contribution in [0.25, 0.3) is 0 Å². The van der Waals surface area contributed by atoms with Crippen molar-refractivity contribution in [3.63, 3.8) is 0 Å². The number of halogens is 2. The Morgan fingerprint density at radius 3 is 2.59 bits per heavy atom. The third kappa shape index (κ3) is 7.23. The van der Waals surface area contributed by atoms with Crippen molar-refractivity contribution in [3.05, 3.63) is 88.7 Å². The molecule has 2 aromatic carbocycles. The normalized spacial score (nSPS) is 11.9. The fourth-order valence-corrected chi connectivity index (χ4v) is 3.39. The first-order chi connectivity index (χ1) is 15.1. The van der Waals surface area contributed by atoms with Gasteiger partial charge in [0.25, 0.3) is 5.91 Å². The van der Waals surface area contributed by atoms with Gasteiger partial charge in [-0.2, -0.15) is 5.10 Å². The molecule has 0 fully saturated rings. The summed E-state index contributed by atoms with van der Waals surface area (Å²) in [4.78, 5) is 16.1. The molecule has 0 saturated heterocycles. The number of amides is 1. The molecule has 170 valence electrons. The standard InChI is InChI=1S/C23H27ClN6O.HI/c1-25-22(31)19-6-3-5-17(15-19)11-13-27-23(26-2)28-16-21(30-14-4-12-29-30)18-7-9-20(24)10-8-18;/h3-10,12,14-15,21H,11,13,16H2,1-2H3,(H,25,31)(H2,26,27,28);1H. The molecule has 1 atom stereocenters. The topological polar surface area (TPSA) is 83.3 Å². The molecule has 0 radical (unpaired) electrons. The van der Waals surface area contributed by atoms with Gasteiger partial charge in [-0.1, -0.05) is 35.9 Å². The van der Waals surface area contributed by atoms with Gasteiger partial charge in [0.05, 0.1) is 6.04 Å². The van der Waals surface area contributed by atoms with E-state index < -0.39 is 0 Å². The number of hydrogen-bond donors (Lipinski definition) is 3. The van der Waals surface area contributed by atoms with Crippen molar-refractivity contribution in [2.75, 3.05) is 27.2 Å². The van der Waals surface area contributed by atoms with E-state index in [9.17, 15) is 4.79 Å². The highest BCUT2D eigenvalue weighted by molar-refractivity contribution is 14.0. The van der Waals surface area contributed by atoms with Crippen LogP contribution in [0.5, 0.6) is 0 Å². The summed E-state index contributed by atoms with van der Waals surface area (Å²) in [7, 11) is 3.37. The van der Waals surface area contributed by atoms with Crippen LogP contribution < -0.4 is 16.0 Å². The van der Waals surface area contributed by atoms with Crippen molar-refractivity contribution in [2.45, 2.75) is 12.5 Å². The highest BCUT2D eigenvalue weighted by Gasteiger charge is 2.15. The van der Waals surface area contributed by atoms with Gasteiger partial charge in [-0.3, -0.25) is 14.5 Å². The number of rotatable bonds is 8. The number of aromatic nitrogens is 2. The first kappa shape index (κ1) is 25.7. The average Bonchev–Trinajstić information content (AvgIpc) is 3.33. The minimum atomic E-state index is -0.0841. The summed E-state index contributed by atoms with van der Waals surface area (Å²) in [5, 5.41) is 14.5. The second-order valence-electron chi connectivity index (χ2n) is 6.96. The van der Waals surface area contributed by atoms with Gasteiger partial charge in [0.15, 0.2) is 5.96 Å². The van der Waals surface area contributed by atoms with E-state index in [-0.39, 0.29) is 35.9 Å². The van der Waals surface area contributed by atoms with Gasteiger partial charge in [-0.15, -0.1) is 24.0 Å². The molecule has 0 saturated carbocycles. The van der Waals surface area contributed by atoms with Gasteiger partial charge in [-0.25, -0.2) is 0 Å². The molecule has 0 aliphatic rings. The summed E-state index contributed by atoms with van der Waals surface area (Å²) in [6.45, 7) is 1.29. The molecule has 32 heavy (non-hydrogen) atoms. The molecular weight excluding hydrogens is 539 g/mol. The largest absolute Gasteiger partial charge is 0.356 e. The Balaban J connectivity index is 0.00000363. The van der Waals surface area contributed by atoms with Crippen LogP contribution >= 0.6 is 35.6 Å². The Labute approximate surface area is 210 Å². The molecule has 3 rings (SSSR count). The summed E-state index contributed by atoms with van der Waals surface area (Å²) in [6.07, 6.45) is 4.48. The van der Waals surface area contributed by atoms with E-state index in [4.69, 9.17) is 11.6 Å². The molecule has 3 aromatic rings. The van der Waals surface area contributed by atoms with E-state index in [1.54, 1.807) is 20.3 Å². The fraction of sp³-hybridized carbons (Fsp3) is 0.261. The van der Waals surface area contributed by atoms with Crippen LogP contribution in [0.15, 0.2) is 72.0 Å². The third-order valence-corrected chi connectivity index (χ3v) is 5.16. The Hall–Kier alpha value is -2.59. The van der Waals surface area contributed by atoms with Crippen molar-refractivity contribution < 1.29 is 4.79 Å². The van der Waals surface area contributed by atoms with Gasteiger partial charge in [0.2, 0.25) is 0 Å². The highest BCUT2D eigenvalue weighted by Crippen LogP contribution is 2.19. The molecule has 7 nitrogen and oxygen atoms in total. The molecule has 0 bridgehead atoms. The van der Waals surface area contributed by atoms with Crippen molar-refractivity contribution in [2.24, 2.45) is 4.99 Å². The fourth-order valence-electron chi connectivity index (χ4n) is 3.27. The maximum absolute atomic E-state index is 11.8. The van der Waals surface area contributed by atoms with Gasteiger partial charge in [0, 0.05) is 50.2 Å². The Morgan fingerprint density at radius 2 is 1.94 bits per heavy atom. The van der Waals surface area contributed by atoms with E-state index in [1.807, 2.05) is 65.5 Å². The van der Waals surface area contributed by atoms with Gasteiger partial charge in [-0.05, 0) is 47.9 Å². The van der Waals surface area contributed by atoms with E-state index in [0.29, 0.717) is 29.6 Å². The van der Waals surface area contributed by atoms with Gasteiger partial charge >= 0.3 is 0 Å². The maximum Gasteiger partial charge on any atom is 0.251 e. The number of nitrogens with one attached hydrogen (secondary N) is 3. The average molecular weight is 567 g/mol. The molecule has 0 aliphatic heterocycles. The smallest absolute Gasteiger partial charge is 0.251 e. The third-order valence-electron chi connectivity index (χ3n) is 4.91. The second-order valence-corrected chi connectivity index (χ2v) is 7.40. The quantitative estimate of drug-likeness (QED) is 0.221. The first-order valence-corrected chi connectivity index (χ1v) is 10.5. The number of carbonyl (C=O) groups is 1. The lowest BCUT2D eigenvalue weighted by atomic mass is 10.1. The van der Waals surface area contributed by atoms with Crippen LogP contribution in [0.1, 0.15) is 27.5 Å². The summed E-state index contributed by atoms with van der Waals surface area (Å²) < 4.78 is 1.91. The predicted molar refractivity (Wildman–Crippen MR) is 140 cm³/mol. The summed E-state index contributed by atoms with van der Waals surface area (Å²) in [5.74, 6) is 0.618. The van der Waals surface area contributed by atoms with E-state index in [1.165, 1.54) is 0 Å². The second kappa shape index (κ2) is 13.1. The Kier molecular flexibility index (Phi) is 10.5. The molecule has 1 amide bonds. The number of guanidine groups is 1. The monoisotopic (exact) mass is 566 g/mol. The molecule has 9 heteroatoms. The molecule has 1 unspecified atom stereocenters. The summed E-state index contributed by atoms with van der Waals surface area (Å²) in [5.41, 5.74) is 2.84. The van der Waals surface area contributed by atoms with Gasteiger partial charge < -0.3 is 16.0 Å².